The van der Waals surface area contributed by atoms with Gasteiger partial charge in [0.15, 0.2) is 5.58 Å². The van der Waals surface area contributed by atoms with Crippen LogP contribution >= 0.6 is 0 Å². The first-order chi connectivity index (χ1) is 8.26. The topological polar surface area (TPSA) is 58.3 Å². The highest BCUT2D eigenvalue weighted by atomic mass is 16.5. The van der Waals surface area contributed by atoms with Crippen LogP contribution in [0.15, 0.2) is 22.7 Å². The number of aromatic hydroxyl groups is 1. The fourth-order valence-corrected chi connectivity index (χ4v) is 2.09. The molecule has 1 unspecified atom stereocenters. The van der Waals surface area contributed by atoms with Crippen molar-refractivity contribution >= 4 is 11.0 Å². The minimum atomic E-state index is 0.212. The molecule has 4 heteroatoms. The highest BCUT2D eigenvalue weighted by Crippen LogP contribution is 2.30. The van der Waals surface area contributed by atoms with Crippen LogP contribution in [0.4, 0.5) is 0 Å². The summed E-state index contributed by atoms with van der Waals surface area (Å²) in [6.07, 6.45) is 2.07. The van der Waals surface area contributed by atoms with Crippen LogP contribution in [0.1, 0.15) is 31.4 Å². The van der Waals surface area contributed by atoms with Crippen molar-refractivity contribution in [1.82, 2.24) is 10.5 Å². The number of aromatic nitrogens is 1. The molecule has 1 aromatic carbocycles. The van der Waals surface area contributed by atoms with Gasteiger partial charge in [-0.1, -0.05) is 12.1 Å². The quantitative estimate of drug-likeness (QED) is 0.835. The number of fused-ring (bicyclic) bond motifs is 1. The predicted octanol–water partition coefficient (Wildman–Crippen LogP) is 2.64. The zero-order valence-corrected chi connectivity index (χ0v) is 10.2. The van der Waals surface area contributed by atoms with Crippen LogP contribution in [0, 0.1) is 0 Å². The van der Waals surface area contributed by atoms with Gasteiger partial charge in [-0.3, -0.25) is 0 Å². The summed E-state index contributed by atoms with van der Waals surface area (Å²) in [7, 11) is 1.95. The Kier molecular flexibility index (Phi) is 3.64. The van der Waals surface area contributed by atoms with Gasteiger partial charge in [-0.25, -0.2) is 0 Å². The van der Waals surface area contributed by atoms with Crippen molar-refractivity contribution in [2.75, 3.05) is 13.6 Å². The molecule has 0 saturated heterocycles. The number of rotatable bonds is 5. The van der Waals surface area contributed by atoms with Crippen LogP contribution in [0.2, 0.25) is 0 Å². The van der Waals surface area contributed by atoms with E-state index in [1.807, 2.05) is 13.1 Å². The van der Waals surface area contributed by atoms with Gasteiger partial charge in [0.1, 0.15) is 5.75 Å². The third-order valence-corrected chi connectivity index (χ3v) is 3.11. The van der Waals surface area contributed by atoms with Gasteiger partial charge in [-0.15, -0.1) is 0 Å². The smallest absolute Gasteiger partial charge is 0.170 e. The van der Waals surface area contributed by atoms with Gasteiger partial charge < -0.3 is 14.9 Å². The summed E-state index contributed by atoms with van der Waals surface area (Å²) in [6.45, 7) is 3.12. The summed E-state index contributed by atoms with van der Waals surface area (Å²) < 4.78 is 5.26. The maximum absolute atomic E-state index is 9.38. The molecule has 4 nitrogen and oxygen atoms in total. The molecule has 0 aliphatic carbocycles. The molecule has 1 atom stereocenters. The van der Waals surface area contributed by atoms with Gasteiger partial charge in [0.25, 0.3) is 0 Å². The van der Waals surface area contributed by atoms with E-state index in [9.17, 15) is 5.11 Å². The van der Waals surface area contributed by atoms with E-state index in [2.05, 4.69) is 17.4 Å². The first-order valence-corrected chi connectivity index (χ1v) is 5.99. The van der Waals surface area contributed by atoms with Crippen molar-refractivity contribution in [1.29, 1.82) is 0 Å². The van der Waals surface area contributed by atoms with Crippen molar-refractivity contribution < 1.29 is 9.63 Å². The van der Waals surface area contributed by atoms with Crippen LogP contribution in [-0.4, -0.2) is 23.9 Å². The summed E-state index contributed by atoms with van der Waals surface area (Å²) in [5.74, 6) is 0.608. The second-order valence-corrected chi connectivity index (χ2v) is 4.25. The standard InChI is InChI=1S/C13H18N2O2/c1-3-9(6-7-14-2)13-11-5-4-10(16)8-12(11)17-15-13/h4-5,8-9,14,16H,3,6-7H2,1-2H3. The first-order valence-electron chi connectivity index (χ1n) is 5.99. The minimum Gasteiger partial charge on any atom is -0.508 e. The van der Waals surface area contributed by atoms with Crippen molar-refractivity contribution in [2.45, 2.75) is 25.7 Å². The maximum atomic E-state index is 9.38. The Morgan fingerprint density at radius 2 is 2.29 bits per heavy atom. The number of benzene rings is 1. The number of hydrogen-bond acceptors (Lipinski definition) is 4. The van der Waals surface area contributed by atoms with E-state index in [0.717, 1.165) is 30.5 Å². The molecule has 0 radical (unpaired) electrons. The predicted molar refractivity (Wildman–Crippen MR) is 67.2 cm³/mol. The third kappa shape index (κ3) is 2.42. The average Bonchev–Trinajstić information content (AvgIpc) is 2.73. The van der Waals surface area contributed by atoms with Gasteiger partial charge >= 0.3 is 0 Å². The number of phenols is 1. The van der Waals surface area contributed by atoms with E-state index in [1.165, 1.54) is 0 Å². The van der Waals surface area contributed by atoms with Crippen LogP contribution in [0.25, 0.3) is 11.0 Å². The van der Waals surface area contributed by atoms with E-state index in [-0.39, 0.29) is 5.75 Å². The highest BCUT2D eigenvalue weighted by Gasteiger charge is 2.17. The van der Waals surface area contributed by atoms with Crippen LogP contribution in [0.5, 0.6) is 5.75 Å². The highest BCUT2D eigenvalue weighted by molar-refractivity contribution is 5.81. The zero-order valence-electron chi connectivity index (χ0n) is 10.2. The van der Waals surface area contributed by atoms with Crippen molar-refractivity contribution in [3.8, 4) is 5.75 Å². The third-order valence-electron chi connectivity index (χ3n) is 3.11. The summed E-state index contributed by atoms with van der Waals surface area (Å²) in [5.41, 5.74) is 1.65. The lowest BCUT2D eigenvalue weighted by atomic mass is 9.96. The molecule has 0 aliphatic rings. The van der Waals surface area contributed by atoms with E-state index in [1.54, 1.807) is 12.1 Å². The molecule has 0 fully saturated rings. The molecule has 0 saturated carbocycles. The van der Waals surface area contributed by atoms with E-state index < -0.39 is 0 Å². The first kappa shape index (κ1) is 11.9. The largest absolute Gasteiger partial charge is 0.508 e. The molecule has 0 spiro atoms. The van der Waals surface area contributed by atoms with Crippen molar-refractivity contribution in [3.63, 3.8) is 0 Å². The van der Waals surface area contributed by atoms with Gasteiger partial charge in [-0.05, 0) is 38.6 Å². The Morgan fingerprint density at radius 3 is 3.00 bits per heavy atom. The van der Waals surface area contributed by atoms with Gasteiger partial charge in [0, 0.05) is 17.4 Å². The molecule has 1 heterocycles. The van der Waals surface area contributed by atoms with Gasteiger partial charge in [-0.2, -0.15) is 0 Å². The van der Waals surface area contributed by atoms with Crippen molar-refractivity contribution in [2.24, 2.45) is 0 Å². The summed E-state index contributed by atoms with van der Waals surface area (Å²) in [6, 6.07) is 5.16. The average molecular weight is 234 g/mol. The Labute approximate surface area is 101 Å². The molecular formula is C13H18N2O2. The normalized spacial score (nSPS) is 13.1. The fraction of sp³-hybridized carbons (Fsp3) is 0.462. The molecular weight excluding hydrogens is 216 g/mol. The van der Waals surface area contributed by atoms with Crippen LogP contribution < -0.4 is 5.32 Å². The van der Waals surface area contributed by atoms with E-state index >= 15 is 0 Å². The number of nitrogens with one attached hydrogen (secondary N) is 1. The number of phenolic OH excluding ortho intramolecular Hbond substituents is 1. The van der Waals surface area contributed by atoms with Crippen LogP contribution in [-0.2, 0) is 0 Å². The fourth-order valence-electron chi connectivity index (χ4n) is 2.09. The van der Waals surface area contributed by atoms with Crippen molar-refractivity contribution in [3.05, 3.63) is 23.9 Å². The monoisotopic (exact) mass is 234 g/mol. The second kappa shape index (κ2) is 5.19. The number of nitrogens with zero attached hydrogens (tertiary/aromatic N) is 1. The second-order valence-electron chi connectivity index (χ2n) is 4.25. The molecule has 2 N–H and O–H groups in total. The lowest BCUT2D eigenvalue weighted by molar-refractivity contribution is 0.426. The summed E-state index contributed by atoms with van der Waals surface area (Å²) in [4.78, 5) is 0. The van der Waals surface area contributed by atoms with E-state index in [4.69, 9.17) is 4.52 Å². The maximum Gasteiger partial charge on any atom is 0.170 e. The molecule has 0 bridgehead atoms. The van der Waals surface area contributed by atoms with Crippen LogP contribution in [0.3, 0.4) is 0 Å². The zero-order chi connectivity index (χ0) is 12.3. The lowest BCUT2D eigenvalue weighted by Gasteiger charge is -2.11. The summed E-state index contributed by atoms with van der Waals surface area (Å²) >= 11 is 0. The SMILES string of the molecule is CCC(CCNC)c1noc2cc(O)ccc12. The molecule has 2 aromatic rings. The number of hydrogen-bond donors (Lipinski definition) is 2. The van der Waals surface area contributed by atoms with E-state index in [0.29, 0.717) is 11.5 Å². The van der Waals surface area contributed by atoms with Gasteiger partial charge in [0.05, 0.1) is 5.69 Å². The molecule has 92 valence electrons. The molecule has 0 aliphatic heterocycles. The Morgan fingerprint density at radius 1 is 1.47 bits per heavy atom. The summed E-state index contributed by atoms with van der Waals surface area (Å²) in [5, 5.41) is 17.7. The Balaban J connectivity index is 2.33. The molecule has 0 amide bonds. The lowest BCUT2D eigenvalue weighted by Crippen LogP contribution is -2.12. The Hall–Kier alpha value is -1.55. The Bertz CT molecular complexity index is 493. The minimum absolute atomic E-state index is 0.212. The molecule has 2 rings (SSSR count). The van der Waals surface area contributed by atoms with Gasteiger partial charge in [0.2, 0.25) is 0 Å². The molecule has 1 aromatic heterocycles. The molecule has 17 heavy (non-hydrogen) atoms.